The molecule has 152 valence electrons. The van der Waals surface area contributed by atoms with Crippen LogP contribution in [0.25, 0.3) is 0 Å². The third-order valence-corrected chi connectivity index (χ3v) is 5.41. The first-order valence-corrected chi connectivity index (χ1v) is 10.3. The molecule has 0 heterocycles. The lowest BCUT2D eigenvalue weighted by Gasteiger charge is -2.23. The van der Waals surface area contributed by atoms with Crippen molar-refractivity contribution in [3.8, 4) is 0 Å². The van der Waals surface area contributed by atoms with Crippen LogP contribution in [-0.4, -0.2) is 27.1 Å². The molecule has 0 radical (unpaired) electrons. The van der Waals surface area contributed by atoms with Crippen molar-refractivity contribution < 1.29 is 26.4 Å². The molecule has 0 aliphatic carbocycles. The zero-order valence-electron chi connectivity index (χ0n) is 14.6. The van der Waals surface area contributed by atoms with Crippen molar-refractivity contribution in [2.24, 2.45) is 0 Å². The number of sulfonamides is 1. The molecule has 0 bridgehead atoms. The van der Waals surface area contributed by atoms with E-state index in [4.69, 9.17) is 23.2 Å². The molecule has 0 aliphatic rings. The quantitative estimate of drug-likeness (QED) is 0.710. The second-order valence-corrected chi connectivity index (χ2v) is 8.69. The maximum absolute atomic E-state index is 13.1. The summed E-state index contributed by atoms with van der Waals surface area (Å²) in [6.07, 6.45) is -4.00. The Morgan fingerprint density at radius 1 is 1.14 bits per heavy atom. The predicted molar refractivity (Wildman–Crippen MR) is 103 cm³/mol. The monoisotopic (exact) mass is 454 g/mol. The average Bonchev–Trinajstić information content (AvgIpc) is 2.55. The minimum Gasteiger partial charge on any atom is -0.324 e. The van der Waals surface area contributed by atoms with Crippen LogP contribution in [0.15, 0.2) is 36.4 Å². The summed E-state index contributed by atoms with van der Waals surface area (Å²) >= 11 is 11.4. The Labute approximate surface area is 170 Å². The Morgan fingerprint density at radius 3 is 2.36 bits per heavy atom. The predicted octanol–water partition coefficient (Wildman–Crippen LogP) is 4.73. The number of carbonyl (C=O) groups is 1. The van der Waals surface area contributed by atoms with Crippen LogP contribution in [-0.2, 0) is 21.0 Å². The van der Waals surface area contributed by atoms with Crippen LogP contribution in [0.5, 0.6) is 0 Å². The van der Waals surface area contributed by atoms with E-state index in [9.17, 15) is 26.4 Å². The number of nitrogens with zero attached hydrogens (tertiary/aromatic N) is 1. The van der Waals surface area contributed by atoms with Crippen LogP contribution in [0.4, 0.5) is 24.5 Å². The smallest absolute Gasteiger partial charge is 0.324 e. The largest absolute Gasteiger partial charge is 0.417 e. The molecule has 0 unspecified atom stereocenters. The third kappa shape index (κ3) is 5.52. The van der Waals surface area contributed by atoms with E-state index in [1.807, 2.05) is 0 Å². The van der Waals surface area contributed by atoms with E-state index in [2.05, 4.69) is 5.32 Å². The van der Waals surface area contributed by atoms with Crippen molar-refractivity contribution in [2.75, 3.05) is 22.4 Å². The van der Waals surface area contributed by atoms with Crippen LogP contribution >= 0.6 is 23.2 Å². The number of halogens is 5. The number of anilines is 2. The Kier molecular flexibility index (Phi) is 6.52. The Hall–Kier alpha value is -1.97. The molecule has 1 amide bonds. The molecule has 0 saturated heterocycles. The Morgan fingerprint density at radius 2 is 1.79 bits per heavy atom. The molecule has 0 fully saturated rings. The zero-order chi connectivity index (χ0) is 21.3. The van der Waals surface area contributed by atoms with E-state index in [1.54, 1.807) is 19.1 Å². The molecular formula is C17H15Cl2F3N2O3S. The van der Waals surface area contributed by atoms with Crippen molar-refractivity contribution in [2.45, 2.75) is 13.1 Å². The van der Waals surface area contributed by atoms with Gasteiger partial charge in [-0.05, 0) is 42.8 Å². The minimum atomic E-state index is -4.78. The van der Waals surface area contributed by atoms with Crippen molar-refractivity contribution in [1.82, 2.24) is 0 Å². The topological polar surface area (TPSA) is 66.5 Å². The fourth-order valence-corrected chi connectivity index (χ4v) is 3.58. The lowest BCUT2D eigenvalue weighted by Crippen LogP contribution is -2.37. The lowest BCUT2D eigenvalue weighted by molar-refractivity contribution is -0.137. The number of rotatable bonds is 5. The van der Waals surface area contributed by atoms with Gasteiger partial charge in [0.15, 0.2) is 0 Å². The number of amides is 1. The van der Waals surface area contributed by atoms with E-state index in [1.165, 1.54) is 6.07 Å². The zero-order valence-corrected chi connectivity index (χ0v) is 17.0. The molecule has 2 rings (SSSR count). The van der Waals surface area contributed by atoms with Gasteiger partial charge in [0.25, 0.3) is 0 Å². The van der Waals surface area contributed by atoms with E-state index in [0.717, 1.165) is 18.4 Å². The van der Waals surface area contributed by atoms with Gasteiger partial charge in [0.2, 0.25) is 15.9 Å². The molecule has 28 heavy (non-hydrogen) atoms. The van der Waals surface area contributed by atoms with E-state index in [-0.39, 0.29) is 5.69 Å². The summed E-state index contributed by atoms with van der Waals surface area (Å²) in [5.74, 6) is -0.751. The highest BCUT2D eigenvalue weighted by Gasteiger charge is 2.34. The third-order valence-electron chi connectivity index (χ3n) is 3.70. The van der Waals surface area contributed by atoms with Gasteiger partial charge in [-0.1, -0.05) is 29.3 Å². The van der Waals surface area contributed by atoms with Crippen LogP contribution in [0.2, 0.25) is 10.0 Å². The second-order valence-electron chi connectivity index (χ2n) is 5.94. The van der Waals surface area contributed by atoms with Crippen molar-refractivity contribution in [3.05, 3.63) is 57.6 Å². The van der Waals surface area contributed by atoms with Gasteiger partial charge in [-0.2, -0.15) is 13.2 Å². The van der Waals surface area contributed by atoms with E-state index >= 15 is 0 Å². The van der Waals surface area contributed by atoms with Gasteiger partial charge in [-0.15, -0.1) is 0 Å². The van der Waals surface area contributed by atoms with Gasteiger partial charge in [-0.25, -0.2) is 8.42 Å². The maximum atomic E-state index is 13.1. The highest BCUT2D eigenvalue weighted by atomic mass is 35.5. The number of alkyl halides is 3. The number of nitrogens with one attached hydrogen (secondary N) is 1. The number of carbonyl (C=O) groups excluding carboxylic acids is 1. The van der Waals surface area contributed by atoms with Gasteiger partial charge in [0.1, 0.15) is 6.54 Å². The molecule has 0 aromatic heterocycles. The van der Waals surface area contributed by atoms with Crippen molar-refractivity contribution >= 4 is 50.5 Å². The summed E-state index contributed by atoms with van der Waals surface area (Å²) in [6.45, 7) is 0.971. The standard InChI is InChI=1S/C17H15Cl2F3N2O3S/c1-10-3-4-11(18)7-15(10)23-16(25)9-24(28(2,26)27)12-5-6-14(19)13(8-12)17(20,21)22/h3-8H,9H2,1-2H3,(H,23,25). The SMILES string of the molecule is Cc1ccc(Cl)cc1NC(=O)CN(c1ccc(Cl)c(C(F)(F)F)c1)S(C)(=O)=O. The van der Waals surface area contributed by atoms with E-state index < -0.39 is 39.2 Å². The first kappa shape index (κ1) is 22.3. The summed E-state index contributed by atoms with van der Waals surface area (Å²) in [4.78, 5) is 12.3. The first-order chi connectivity index (χ1) is 12.8. The number of benzene rings is 2. The van der Waals surface area contributed by atoms with Gasteiger partial charge in [0.05, 0.1) is 22.5 Å². The summed E-state index contributed by atoms with van der Waals surface area (Å²) in [5, 5.41) is 2.28. The van der Waals surface area contributed by atoms with E-state index in [0.29, 0.717) is 26.6 Å². The summed E-state index contributed by atoms with van der Waals surface area (Å²) in [6, 6.07) is 7.35. The molecule has 0 atom stereocenters. The van der Waals surface area contributed by atoms with Crippen molar-refractivity contribution in [3.63, 3.8) is 0 Å². The highest BCUT2D eigenvalue weighted by Crippen LogP contribution is 2.37. The lowest BCUT2D eigenvalue weighted by atomic mass is 10.2. The molecule has 1 N–H and O–H groups in total. The van der Waals surface area contributed by atoms with Crippen LogP contribution in [0.1, 0.15) is 11.1 Å². The first-order valence-electron chi connectivity index (χ1n) is 7.69. The second kappa shape index (κ2) is 8.18. The molecule has 0 saturated carbocycles. The van der Waals surface area contributed by atoms with Gasteiger partial charge < -0.3 is 5.32 Å². The van der Waals surface area contributed by atoms with Crippen LogP contribution < -0.4 is 9.62 Å². The Balaban J connectivity index is 2.36. The van der Waals surface area contributed by atoms with Crippen LogP contribution in [0, 0.1) is 6.92 Å². The van der Waals surface area contributed by atoms with Crippen LogP contribution in [0.3, 0.4) is 0 Å². The van der Waals surface area contributed by atoms with Crippen molar-refractivity contribution in [1.29, 1.82) is 0 Å². The van der Waals surface area contributed by atoms with Gasteiger partial charge >= 0.3 is 6.18 Å². The summed E-state index contributed by atoms with van der Waals surface area (Å²) < 4.78 is 64.0. The molecule has 2 aromatic carbocycles. The molecule has 11 heteroatoms. The fraction of sp³-hybridized carbons (Fsp3) is 0.235. The maximum Gasteiger partial charge on any atom is 0.417 e. The molecule has 2 aromatic rings. The molecule has 5 nitrogen and oxygen atoms in total. The number of hydrogen-bond acceptors (Lipinski definition) is 3. The summed E-state index contributed by atoms with van der Waals surface area (Å²) in [5.41, 5.74) is -0.504. The number of hydrogen-bond donors (Lipinski definition) is 1. The highest BCUT2D eigenvalue weighted by molar-refractivity contribution is 7.92. The molecule has 0 spiro atoms. The minimum absolute atomic E-state index is 0.336. The van der Waals surface area contributed by atoms with Gasteiger partial charge in [0, 0.05) is 10.7 Å². The molecular weight excluding hydrogens is 440 g/mol. The Bertz CT molecular complexity index is 1010. The normalized spacial score (nSPS) is 12.0. The van der Waals surface area contributed by atoms with Gasteiger partial charge in [-0.3, -0.25) is 9.10 Å². The molecule has 0 aliphatic heterocycles. The summed E-state index contributed by atoms with van der Waals surface area (Å²) in [7, 11) is -4.06. The fourth-order valence-electron chi connectivity index (χ4n) is 2.33. The average molecular weight is 455 g/mol. The number of aryl methyl sites for hydroxylation is 1.